The summed E-state index contributed by atoms with van der Waals surface area (Å²) in [6.07, 6.45) is 1.59. The van der Waals surface area contributed by atoms with Crippen LogP contribution in [0.3, 0.4) is 0 Å². The topological polar surface area (TPSA) is 71.3 Å². The molecule has 1 fully saturated rings. The summed E-state index contributed by atoms with van der Waals surface area (Å²) in [4.78, 5) is 18.8. The van der Waals surface area contributed by atoms with Gasteiger partial charge >= 0.3 is 6.03 Å². The van der Waals surface area contributed by atoms with Crippen molar-refractivity contribution in [3.63, 3.8) is 0 Å². The second-order valence-electron chi connectivity index (χ2n) is 6.61. The highest BCUT2D eigenvalue weighted by Gasteiger charge is 2.34. The van der Waals surface area contributed by atoms with Gasteiger partial charge in [0.2, 0.25) is 11.7 Å². The zero-order valence-electron chi connectivity index (χ0n) is 14.9. The molecule has 7 heteroatoms. The van der Waals surface area contributed by atoms with Crippen LogP contribution in [-0.4, -0.2) is 27.6 Å². The van der Waals surface area contributed by atoms with E-state index in [0.717, 1.165) is 24.1 Å². The molecule has 27 heavy (non-hydrogen) atoms. The number of likely N-dealkylation sites (tertiary alicyclic amines) is 1. The highest BCUT2D eigenvalue weighted by atomic mass is 19.1. The molecule has 1 saturated heterocycles. The number of urea groups is 1. The number of aromatic nitrogens is 2. The van der Waals surface area contributed by atoms with Crippen molar-refractivity contribution in [2.24, 2.45) is 0 Å². The molecule has 0 unspecified atom stereocenters. The van der Waals surface area contributed by atoms with E-state index in [0.29, 0.717) is 23.8 Å². The first-order valence-corrected chi connectivity index (χ1v) is 8.84. The molecule has 1 aliphatic rings. The number of hydrogen-bond donors (Lipinski definition) is 1. The van der Waals surface area contributed by atoms with Gasteiger partial charge in [0, 0.05) is 17.8 Å². The van der Waals surface area contributed by atoms with Gasteiger partial charge in [-0.1, -0.05) is 35.0 Å². The molecule has 1 aliphatic heterocycles. The Morgan fingerprint density at radius 3 is 2.85 bits per heavy atom. The Bertz CT molecular complexity index is 955. The Labute approximate surface area is 156 Å². The first-order valence-electron chi connectivity index (χ1n) is 8.84. The van der Waals surface area contributed by atoms with Gasteiger partial charge in [-0.2, -0.15) is 4.98 Å². The Morgan fingerprint density at radius 1 is 1.26 bits per heavy atom. The number of nitrogens with one attached hydrogen (secondary N) is 1. The fourth-order valence-electron chi connectivity index (χ4n) is 3.21. The van der Waals surface area contributed by atoms with E-state index >= 15 is 0 Å². The summed E-state index contributed by atoms with van der Waals surface area (Å²) in [5.74, 6) is 0.319. The maximum atomic E-state index is 13.4. The molecule has 1 N–H and O–H groups in total. The van der Waals surface area contributed by atoms with E-state index in [1.165, 1.54) is 12.1 Å². The van der Waals surface area contributed by atoms with Crippen LogP contribution >= 0.6 is 0 Å². The van der Waals surface area contributed by atoms with Crippen LogP contribution in [0.15, 0.2) is 53.1 Å². The molecular weight excluding hydrogens is 347 g/mol. The summed E-state index contributed by atoms with van der Waals surface area (Å²) in [5.41, 5.74) is 2.41. The van der Waals surface area contributed by atoms with Gasteiger partial charge in [0.15, 0.2) is 0 Å². The van der Waals surface area contributed by atoms with Crippen molar-refractivity contribution < 1.29 is 13.7 Å². The minimum absolute atomic E-state index is 0.202. The highest BCUT2D eigenvalue weighted by Crippen LogP contribution is 2.32. The van der Waals surface area contributed by atoms with Gasteiger partial charge in [0.05, 0.1) is 0 Å². The number of nitrogens with zero attached hydrogens (tertiary/aromatic N) is 3. The summed E-state index contributed by atoms with van der Waals surface area (Å²) in [7, 11) is 0. The molecular formula is C20H19FN4O2. The van der Waals surface area contributed by atoms with Crippen molar-refractivity contribution in [2.45, 2.75) is 25.8 Å². The van der Waals surface area contributed by atoms with Crippen LogP contribution in [0.1, 0.15) is 30.3 Å². The molecule has 6 nitrogen and oxygen atoms in total. The van der Waals surface area contributed by atoms with E-state index in [1.807, 2.05) is 31.2 Å². The minimum atomic E-state index is -0.362. The molecule has 2 amide bonds. The molecule has 0 spiro atoms. The Morgan fingerprint density at radius 2 is 2.07 bits per heavy atom. The average molecular weight is 366 g/mol. The maximum absolute atomic E-state index is 13.4. The standard InChI is InChI=1S/C20H19FN4O2/c1-13-7-9-16(10-8-13)22-20(26)25-11-3-6-17(25)19-23-18(24-27-19)14-4-2-5-15(21)12-14/h2,4-5,7-10,12,17H,3,6,11H2,1H3,(H,22,26)/t17-/m0/s1. The maximum Gasteiger partial charge on any atom is 0.322 e. The molecule has 0 radical (unpaired) electrons. The van der Waals surface area contributed by atoms with Gasteiger partial charge in [-0.25, -0.2) is 9.18 Å². The van der Waals surface area contributed by atoms with Gasteiger partial charge in [-0.15, -0.1) is 0 Å². The second-order valence-corrected chi connectivity index (χ2v) is 6.61. The lowest BCUT2D eigenvalue weighted by Crippen LogP contribution is -2.34. The van der Waals surface area contributed by atoms with Crippen LogP contribution in [-0.2, 0) is 0 Å². The van der Waals surface area contributed by atoms with Crippen molar-refractivity contribution in [1.29, 1.82) is 0 Å². The van der Waals surface area contributed by atoms with Crippen LogP contribution in [0.2, 0.25) is 0 Å². The van der Waals surface area contributed by atoms with E-state index < -0.39 is 0 Å². The van der Waals surface area contributed by atoms with Crippen LogP contribution < -0.4 is 5.32 Å². The summed E-state index contributed by atoms with van der Waals surface area (Å²) in [6, 6.07) is 13.2. The summed E-state index contributed by atoms with van der Waals surface area (Å²) >= 11 is 0. The summed E-state index contributed by atoms with van der Waals surface area (Å²) in [6.45, 7) is 2.61. The summed E-state index contributed by atoms with van der Waals surface area (Å²) < 4.78 is 18.8. The van der Waals surface area contributed by atoms with Crippen molar-refractivity contribution in [3.05, 3.63) is 65.8 Å². The van der Waals surface area contributed by atoms with Gasteiger partial charge in [-0.3, -0.25) is 0 Å². The second kappa shape index (κ2) is 7.19. The lowest BCUT2D eigenvalue weighted by atomic mass is 10.2. The molecule has 1 aromatic heterocycles. The lowest BCUT2D eigenvalue weighted by molar-refractivity contribution is 0.193. The predicted molar refractivity (Wildman–Crippen MR) is 98.6 cm³/mol. The number of benzene rings is 2. The number of anilines is 1. The van der Waals surface area contributed by atoms with Crippen LogP contribution in [0.25, 0.3) is 11.4 Å². The lowest BCUT2D eigenvalue weighted by Gasteiger charge is -2.22. The smallest absolute Gasteiger partial charge is 0.322 e. The molecule has 2 heterocycles. The first kappa shape index (κ1) is 17.2. The SMILES string of the molecule is Cc1ccc(NC(=O)N2CCC[C@H]2c2nc(-c3cccc(F)c3)no2)cc1. The third kappa shape index (κ3) is 3.67. The Kier molecular flexibility index (Phi) is 4.58. The third-order valence-electron chi connectivity index (χ3n) is 4.63. The molecule has 1 atom stereocenters. The minimum Gasteiger partial charge on any atom is -0.337 e. The monoisotopic (exact) mass is 366 g/mol. The van der Waals surface area contributed by atoms with Crippen molar-refractivity contribution >= 4 is 11.7 Å². The largest absolute Gasteiger partial charge is 0.337 e. The van der Waals surface area contributed by atoms with Gasteiger partial charge in [0.25, 0.3) is 0 Å². The number of aryl methyl sites for hydroxylation is 1. The molecule has 138 valence electrons. The van der Waals surface area contributed by atoms with E-state index in [2.05, 4.69) is 15.5 Å². The zero-order chi connectivity index (χ0) is 18.8. The van der Waals surface area contributed by atoms with Gasteiger partial charge in [0.1, 0.15) is 11.9 Å². The molecule has 0 bridgehead atoms. The van der Waals surface area contributed by atoms with Crippen molar-refractivity contribution in [2.75, 3.05) is 11.9 Å². The van der Waals surface area contributed by atoms with Crippen molar-refractivity contribution in [3.8, 4) is 11.4 Å². The summed E-state index contributed by atoms with van der Waals surface area (Å²) in [5, 5.41) is 6.85. The van der Waals surface area contributed by atoms with Crippen molar-refractivity contribution in [1.82, 2.24) is 15.0 Å². The third-order valence-corrected chi connectivity index (χ3v) is 4.63. The van der Waals surface area contributed by atoms with Crippen LogP contribution in [0.5, 0.6) is 0 Å². The van der Waals surface area contributed by atoms with Crippen LogP contribution in [0.4, 0.5) is 14.9 Å². The highest BCUT2D eigenvalue weighted by molar-refractivity contribution is 5.89. The number of halogens is 1. The molecule has 0 saturated carbocycles. The van der Waals surface area contributed by atoms with Gasteiger partial charge in [-0.05, 0) is 44.0 Å². The average Bonchev–Trinajstić information content (AvgIpc) is 3.33. The molecule has 3 aromatic rings. The van der Waals surface area contributed by atoms with E-state index in [-0.39, 0.29) is 17.9 Å². The van der Waals surface area contributed by atoms with E-state index in [4.69, 9.17) is 4.52 Å². The number of carbonyl (C=O) groups is 1. The first-order chi connectivity index (χ1) is 13.1. The predicted octanol–water partition coefficient (Wildman–Crippen LogP) is 4.55. The fraction of sp³-hybridized carbons (Fsp3) is 0.250. The van der Waals surface area contributed by atoms with E-state index in [9.17, 15) is 9.18 Å². The number of hydrogen-bond acceptors (Lipinski definition) is 4. The zero-order valence-corrected chi connectivity index (χ0v) is 14.9. The Hall–Kier alpha value is -3.22. The van der Waals surface area contributed by atoms with Gasteiger partial charge < -0.3 is 14.7 Å². The quantitative estimate of drug-likeness (QED) is 0.738. The number of carbonyl (C=O) groups excluding carboxylic acids is 1. The van der Waals surface area contributed by atoms with Crippen LogP contribution in [0, 0.1) is 12.7 Å². The Balaban J connectivity index is 1.51. The number of rotatable bonds is 3. The fourth-order valence-corrected chi connectivity index (χ4v) is 3.21. The molecule has 4 rings (SSSR count). The molecule has 2 aromatic carbocycles. The van der Waals surface area contributed by atoms with E-state index in [1.54, 1.807) is 17.0 Å². The molecule has 0 aliphatic carbocycles. The normalized spacial score (nSPS) is 16.5. The number of amides is 2.